The summed E-state index contributed by atoms with van der Waals surface area (Å²) in [4.78, 5) is 38.5. The first-order valence-corrected chi connectivity index (χ1v) is 17.3. The highest BCUT2D eigenvalue weighted by Gasteiger charge is 2.61. The first-order valence-electron chi connectivity index (χ1n) is 17.3. The summed E-state index contributed by atoms with van der Waals surface area (Å²) < 4.78 is 37.3. The maximum atomic E-state index is 14.2. The minimum absolute atomic E-state index is 0.0190. The fraction of sp³-hybridized carbons (Fsp3) is 0.658. The van der Waals surface area contributed by atoms with Gasteiger partial charge in [0.15, 0.2) is 11.9 Å². The second-order valence-electron chi connectivity index (χ2n) is 14.4. The van der Waals surface area contributed by atoms with Gasteiger partial charge in [0.05, 0.1) is 18.8 Å². The van der Waals surface area contributed by atoms with E-state index < -0.39 is 59.6 Å². The average Bonchev–Trinajstić information content (AvgIpc) is 3.36. The van der Waals surface area contributed by atoms with Crippen molar-refractivity contribution in [2.24, 2.45) is 23.7 Å². The Kier molecular flexibility index (Phi) is 10.9. The minimum atomic E-state index is -1.84. The molecule has 2 saturated heterocycles. The molecule has 5 rings (SSSR count). The number of esters is 3. The van der Waals surface area contributed by atoms with E-state index in [0.29, 0.717) is 24.0 Å². The summed E-state index contributed by atoms with van der Waals surface area (Å²) in [6, 6.07) is 0. The lowest BCUT2D eigenvalue weighted by Gasteiger charge is -2.48. The van der Waals surface area contributed by atoms with Gasteiger partial charge < -0.3 is 33.5 Å². The Morgan fingerprint density at radius 2 is 1.73 bits per heavy atom. The molecule has 10 nitrogen and oxygen atoms in total. The largest absolute Gasteiger partial charge is 0.462 e. The van der Waals surface area contributed by atoms with E-state index in [1.807, 2.05) is 32.1 Å². The highest BCUT2D eigenvalue weighted by Crippen LogP contribution is 2.47. The molecule has 0 amide bonds. The van der Waals surface area contributed by atoms with Gasteiger partial charge in [-0.05, 0) is 49.0 Å². The summed E-state index contributed by atoms with van der Waals surface area (Å²) in [7, 11) is 0. The van der Waals surface area contributed by atoms with Gasteiger partial charge in [-0.15, -0.1) is 0 Å². The molecule has 4 aliphatic heterocycles. The number of carbonyl (C=O) groups excluding carboxylic acids is 3. The van der Waals surface area contributed by atoms with Crippen molar-refractivity contribution in [3.05, 3.63) is 59.3 Å². The van der Waals surface area contributed by atoms with Crippen LogP contribution in [0.5, 0.6) is 0 Å². The molecular weight excluding hydrogens is 616 g/mol. The highest BCUT2D eigenvalue weighted by atomic mass is 16.7. The number of ether oxygens (including phenoxy) is 6. The van der Waals surface area contributed by atoms with Crippen LogP contribution < -0.4 is 0 Å². The standard InChI is InChI=1S/C38H52O10/c1-9-21(2)33-24(5)15-16-37(48-33)19-30-18-29(47-37)14-13-23(4)32(44-26(7)39)22(3)11-10-12-28-20-43-35-34(45-27(8)40)25(6)17-31(36(41)46-30)38(28,35)42/h10-13,15-17,21-22,24,29-35,42H,9,14,18-20H2,1-8H3/b11-10+,23-13+,28-12+/t21-,22-,24-,29+,30-,31-,32-,33+,34+,35+,37+,38+/m0/s1. The van der Waals surface area contributed by atoms with Crippen LogP contribution in [0.3, 0.4) is 0 Å². The molecule has 0 aromatic heterocycles. The van der Waals surface area contributed by atoms with Crippen molar-refractivity contribution >= 4 is 17.9 Å². The summed E-state index contributed by atoms with van der Waals surface area (Å²) in [5.74, 6) is -3.50. The molecule has 0 radical (unpaired) electrons. The smallest absolute Gasteiger partial charge is 0.316 e. The molecular formula is C38H52O10. The van der Waals surface area contributed by atoms with E-state index in [4.69, 9.17) is 28.4 Å². The van der Waals surface area contributed by atoms with Crippen LogP contribution in [0.1, 0.15) is 81.1 Å². The van der Waals surface area contributed by atoms with Crippen molar-refractivity contribution in [1.29, 1.82) is 0 Å². The van der Waals surface area contributed by atoms with Gasteiger partial charge in [-0.3, -0.25) is 14.4 Å². The van der Waals surface area contributed by atoms with Crippen molar-refractivity contribution < 1.29 is 47.9 Å². The number of allylic oxidation sites excluding steroid dienone is 2. The zero-order valence-electron chi connectivity index (χ0n) is 29.5. The number of fused-ring (bicyclic) bond motifs is 2. The average molecular weight is 669 g/mol. The molecule has 12 atom stereocenters. The molecule has 264 valence electrons. The van der Waals surface area contributed by atoms with Gasteiger partial charge in [0.25, 0.3) is 0 Å². The molecule has 10 heteroatoms. The Morgan fingerprint density at radius 1 is 1.02 bits per heavy atom. The maximum Gasteiger partial charge on any atom is 0.316 e. The van der Waals surface area contributed by atoms with E-state index in [1.165, 1.54) is 13.8 Å². The molecule has 0 aromatic rings. The second kappa shape index (κ2) is 14.4. The van der Waals surface area contributed by atoms with Crippen molar-refractivity contribution in [2.45, 2.75) is 129 Å². The normalized spacial score (nSPS) is 43.4. The third-order valence-electron chi connectivity index (χ3n) is 10.6. The van der Waals surface area contributed by atoms with Crippen molar-refractivity contribution in [3.63, 3.8) is 0 Å². The maximum absolute atomic E-state index is 14.2. The zero-order valence-corrected chi connectivity index (χ0v) is 29.5. The molecule has 2 fully saturated rings. The predicted octanol–water partition coefficient (Wildman–Crippen LogP) is 5.45. The number of aliphatic hydroxyl groups is 1. The first kappa shape index (κ1) is 36.2. The number of carbonyl (C=O) groups is 3. The summed E-state index contributed by atoms with van der Waals surface area (Å²) in [6.07, 6.45) is 11.8. The highest BCUT2D eigenvalue weighted by molar-refractivity contribution is 5.79. The Bertz CT molecular complexity index is 1410. The van der Waals surface area contributed by atoms with Gasteiger partial charge in [0, 0.05) is 38.5 Å². The van der Waals surface area contributed by atoms with Crippen LogP contribution in [0.25, 0.3) is 0 Å². The summed E-state index contributed by atoms with van der Waals surface area (Å²) >= 11 is 0. The lowest BCUT2D eigenvalue weighted by atomic mass is 9.70. The molecule has 0 saturated carbocycles. The van der Waals surface area contributed by atoms with Gasteiger partial charge in [-0.25, -0.2) is 0 Å². The molecule has 1 spiro atoms. The number of hydrogen-bond acceptors (Lipinski definition) is 10. The van der Waals surface area contributed by atoms with Gasteiger partial charge in [-0.2, -0.15) is 0 Å². The van der Waals surface area contributed by atoms with Gasteiger partial charge in [-0.1, -0.05) is 70.6 Å². The van der Waals surface area contributed by atoms with Gasteiger partial charge in [0.1, 0.15) is 29.8 Å². The van der Waals surface area contributed by atoms with E-state index in [-0.39, 0.29) is 43.0 Å². The topological polar surface area (TPSA) is 127 Å². The fourth-order valence-corrected chi connectivity index (χ4v) is 7.84. The monoisotopic (exact) mass is 668 g/mol. The second-order valence-corrected chi connectivity index (χ2v) is 14.4. The Hall–Kier alpha value is -3.05. The quantitative estimate of drug-likeness (QED) is 0.235. The number of hydrogen-bond donors (Lipinski definition) is 1. The van der Waals surface area contributed by atoms with Crippen LogP contribution in [-0.2, 0) is 42.8 Å². The van der Waals surface area contributed by atoms with Crippen LogP contribution in [0, 0.1) is 23.7 Å². The molecule has 48 heavy (non-hydrogen) atoms. The van der Waals surface area contributed by atoms with E-state index in [0.717, 1.165) is 12.0 Å². The Labute approximate surface area is 284 Å². The SMILES string of the molecule is CC[C@H](C)[C@H]1O[C@]2(C=C[C@@H]1C)C[C@@H]1C[C@@H](C/C=C(\C)[C@@H](OC(C)=O)[C@@H](C)/C=C/C=C3\CO[C@@H]4[C@H](OC(C)=O)C(C)=C[C@@H](C(=O)O1)[C@]34O)O2. The summed E-state index contributed by atoms with van der Waals surface area (Å²) in [6.45, 7) is 14.8. The summed E-state index contributed by atoms with van der Waals surface area (Å²) in [5.41, 5.74) is 0.0712. The van der Waals surface area contributed by atoms with E-state index in [1.54, 1.807) is 25.2 Å². The molecule has 0 unspecified atom stereocenters. The van der Waals surface area contributed by atoms with Crippen LogP contribution >= 0.6 is 0 Å². The predicted molar refractivity (Wildman–Crippen MR) is 177 cm³/mol. The molecule has 5 aliphatic rings. The van der Waals surface area contributed by atoms with Crippen LogP contribution in [0.15, 0.2) is 59.3 Å². The Morgan fingerprint density at radius 3 is 2.42 bits per heavy atom. The fourth-order valence-electron chi connectivity index (χ4n) is 7.84. The van der Waals surface area contributed by atoms with E-state index in [9.17, 15) is 19.5 Å². The molecule has 1 N–H and O–H groups in total. The number of rotatable bonds is 4. The lowest BCUT2D eigenvalue weighted by molar-refractivity contribution is -0.300. The van der Waals surface area contributed by atoms with Crippen molar-refractivity contribution in [1.82, 2.24) is 0 Å². The zero-order chi connectivity index (χ0) is 35.0. The van der Waals surface area contributed by atoms with Gasteiger partial charge in [0.2, 0.25) is 0 Å². The first-order chi connectivity index (χ1) is 22.7. The third-order valence-corrected chi connectivity index (χ3v) is 10.6. The molecule has 0 aromatic carbocycles. The van der Waals surface area contributed by atoms with Crippen LogP contribution in [0.2, 0.25) is 0 Å². The minimum Gasteiger partial charge on any atom is -0.462 e. The van der Waals surface area contributed by atoms with E-state index >= 15 is 0 Å². The third kappa shape index (κ3) is 7.27. The van der Waals surface area contributed by atoms with E-state index in [2.05, 4.69) is 26.8 Å². The van der Waals surface area contributed by atoms with Crippen LogP contribution in [-0.4, -0.2) is 77.6 Å². The summed E-state index contributed by atoms with van der Waals surface area (Å²) in [5, 5.41) is 12.5. The molecule has 2 bridgehead atoms. The van der Waals surface area contributed by atoms with Crippen molar-refractivity contribution in [2.75, 3.05) is 6.61 Å². The van der Waals surface area contributed by atoms with Gasteiger partial charge >= 0.3 is 17.9 Å². The molecule has 1 aliphatic carbocycles. The molecule has 4 heterocycles. The lowest BCUT2D eigenvalue weighted by Crippen LogP contribution is -2.58. The Balaban J connectivity index is 1.59. The van der Waals surface area contributed by atoms with Crippen LogP contribution in [0.4, 0.5) is 0 Å². The van der Waals surface area contributed by atoms with Crippen molar-refractivity contribution in [3.8, 4) is 0 Å².